The van der Waals surface area contributed by atoms with Crippen LogP contribution in [0.5, 0.6) is 0 Å². The van der Waals surface area contributed by atoms with Crippen LogP contribution in [0.25, 0.3) is 0 Å². The quantitative estimate of drug-likeness (QED) is 0.588. The van der Waals surface area contributed by atoms with Crippen LogP contribution in [0.15, 0.2) is 5.18 Å². The van der Waals surface area contributed by atoms with Crippen molar-refractivity contribution in [1.82, 2.24) is 0 Å². The lowest BCUT2D eigenvalue weighted by atomic mass is 10.1. The van der Waals surface area contributed by atoms with Gasteiger partial charge in [-0.15, -0.1) is 0 Å². The van der Waals surface area contributed by atoms with Crippen LogP contribution in [0.3, 0.4) is 0 Å². The largest absolute Gasteiger partial charge is 0.348 e. The van der Waals surface area contributed by atoms with E-state index >= 15 is 0 Å². The number of nitrogens with zero attached hydrogens (tertiary/aromatic N) is 1. The lowest BCUT2D eigenvalue weighted by Gasteiger charge is -2.20. The Labute approximate surface area is 71.2 Å². The Kier molecular flexibility index (Phi) is 2.11. The number of ether oxygens (including phenoxy) is 2. The summed E-state index contributed by atoms with van der Waals surface area (Å²) >= 11 is 0. The Bertz CT molecular complexity index is 177. The van der Waals surface area contributed by atoms with Crippen LogP contribution in [0.2, 0.25) is 0 Å². The van der Waals surface area contributed by atoms with Crippen molar-refractivity contribution >= 4 is 0 Å². The number of rotatable bonds is 2. The highest BCUT2D eigenvalue weighted by Gasteiger charge is 2.43. The van der Waals surface area contributed by atoms with E-state index in [9.17, 15) is 4.91 Å². The molecule has 12 heavy (non-hydrogen) atoms. The molecular formula is C8H13NO3. The molecule has 1 saturated carbocycles. The fraction of sp³-hybridized carbons (Fsp3) is 1.00. The number of hydrogen-bond donors (Lipinski definition) is 0. The smallest absolute Gasteiger partial charge is 0.168 e. The van der Waals surface area contributed by atoms with Gasteiger partial charge in [0.05, 0.1) is 19.8 Å². The first-order valence-electron chi connectivity index (χ1n) is 4.42. The molecule has 0 amide bonds. The van der Waals surface area contributed by atoms with Crippen molar-refractivity contribution in [1.29, 1.82) is 0 Å². The maximum absolute atomic E-state index is 10.0. The molecular weight excluding hydrogens is 158 g/mol. The molecule has 1 aliphatic carbocycles. The van der Waals surface area contributed by atoms with Gasteiger partial charge in [0.1, 0.15) is 0 Å². The van der Waals surface area contributed by atoms with Crippen molar-refractivity contribution < 1.29 is 9.47 Å². The monoisotopic (exact) mass is 171 g/mol. The van der Waals surface area contributed by atoms with E-state index < -0.39 is 0 Å². The molecule has 4 nitrogen and oxygen atoms in total. The average molecular weight is 171 g/mol. The van der Waals surface area contributed by atoms with E-state index in [0.717, 1.165) is 19.3 Å². The van der Waals surface area contributed by atoms with Gasteiger partial charge in [0.25, 0.3) is 0 Å². The molecule has 2 rings (SSSR count). The fourth-order valence-corrected chi connectivity index (χ4v) is 2.09. The van der Waals surface area contributed by atoms with Crippen LogP contribution in [0.4, 0.5) is 0 Å². The summed E-state index contributed by atoms with van der Waals surface area (Å²) in [4.78, 5) is 10.0. The molecule has 2 aliphatic rings. The minimum atomic E-state index is -0.338. The zero-order valence-electron chi connectivity index (χ0n) is 6.99. The predicted molar refractivity (Wildman–Crippen MR) is 42.6 cm³/mol. The SMILES string of the molecule is O=NCC1CCC2(C1)OCCO2. The molecule has 4 heteroatoms. The van der Waals surface area contributed by atoms with Crippen molar-refractivity contribution in [3.8, 4) is 0 Å². The third-order valence-electron chi connectivity index (χ3n) is 2.68. The van der Waals surface area contributed by atoms with Gasteiger partial charge in [-0.05, 0) is 12.3 Å². The molecule has 1 unspecified atom stereocenters. The summed E-state index contributed by atoms with van der Waals surface area (Å²) in [6.07, 6.45) is 2.78. The first-order valence-corrected chi connectivity index (χ1v) is 4.42. The molecule has 0 bridgehead atoms. The van der Waals surface area contributed by atoms with Gasteiger partial charge in [-0.1, -0.05) is 5.18 Å². The van der Waals surface area contributed by atoms with Crippen molar-refractivity contribution in [2.75, 3.05) is 19.8 Å². The second-order valence-electron chi connectivity index (χ2n) is 3.53. The number of hydrogen-bond acceptors (Lipinski definition) is 4. The van der Waals surface area contributed by atoms with Crippen LogP contribution in [0.1, 0.15) is 19.3 Å². The zero-order chi connectivity index (χ0) is 8.44. The zero-order valence-corrected chi connectivity index (χ0v) is 6.99. The van der Waals surface area contributed by atoms with Gasteiger partial charge >= 0.3 is 0 Å². The van der Waals surface area contributed by atoms with Gasteiger partial charge < -0.3 is 9.47 Å². The second-order valence-corrected chi connectivity index (χ2v) is 3.53. The Morgan fingerprint density at radius 3 is 2.83 bits per heavy atom. The maximum Gasteiger partial charge on any atom is 0.168 e. The first kappa shape index (κ1) is 8.13. The molecule has 1 heterocycles. The first-order chi connectivity index (χ1) is 5.85. The summed E-state index contributed by atoms with van der Waals surface area (Å²) in [5.41, 5.74) is 0. The Hall–Kier alpha value is -0.480. The van der Waals surface area contributed by atoms with Gasteiger partial charge in [-0.25, -0.2) is 0 Å². The standard InChI is InChI=1S/C8H13NO3/c10-9-6-7-1-2-8(5-7)11-3-4-12-8/h7H,1-6H2. The highest BCUT2D eigenvalue weighted by molar-refractivity contribution is 4.86. The third kappa shape index (κ3) is 1.36. The van der Waals surface area contributed by atoms with Crippen LogP contribution in [-0.4, -0.2) is 25.5 Å². The van der Waals surface area contributed by atoms with Gasteiger partial charge in [-0.3, -0.25) is 0 Å². The van der Waals surface area contributed by atoms with Gasteiger partial charge in [0.2, 0.25) is 0 Å². The van der Waals surface area contributed by atoms with Crippen molar-refractivity contribution in [2.45, 2.75) is 25.0 Å². The summed E-state index contributed by atoms with van der Waals surface area (Å²) < 4.78 is 11.0. The molecule has 68 valence electrons. The van der Waals surface area contributed by atoms with E-state index in [0.29, 0.717) is 25.7 Å². The molecule has 1 aliphatic heterocycles. The summed E-state index contributed by atoms with van der Waals surface area (Å²) in [6.45, 7) is 1.80. The lowest BCUT2D eigenvalue weighted by Crippen LogP contribution is -2.26. The minimum absolute atomic E-state index is 0.338. The summed E-state index contributed by atoms with van der Waals surface area (Å²) in [7, 11) is 0. The molecule has 0 N–H and O–H groups in total. The molecule has 0 aromatic carbocycles. The normalized spacial score (nSPS) is 32.8. The van der Waals surface area contributed by atoms with E-state index in [1.807, 2.05) is 0 Å². The second kappa shape index (κ2) is 3.11. The van der Waals surface area contributed by atoms with E-state index in [-0.39, 0.29) is 5.79 Å². The fourth-order valence-electron chi connectivity index (χ4n) is 2.09. The Balaban J connectivity index is 1.91. The van der Waals surface area contributed by atoms with Crippen molar-refractivity contribution in [3.05, 3.63) is 4.91 Å². The van der Waals surface area contributed by atoms with Crippen molar-refractivity contribution in [3.63, 3.8) is 0 Å². The van der Waals surface area contributed by atoms with Crippen LogP contribution >= 0.6 is 0 Å². The summed E-state index contributed by atoms with van der Waals surface area (Å²) in [5, 5.41) is 2.91. The highest BCUT2D eigenvalue weighted by atomic mass is 16.7. The van der Waals surface area contributed by atoms with Crippen LogP contribution in [-0.2, 0) is 9.47 Å². The van der Waals surface area contributed by atoms with Crippen molar-refractivity contribution in [2.24, 2.45) is 11.1 Å². The Morgan fingerprint density at radius 1 is 1.42 bits per heavy atom. The third-order valence-corrected chi connectivity index (χ3v) is 2.68. The van der Waals surface area contributed by atoms with Crippen LogP contribution in [0, 0.1) is 10.8 Å². The topological polar surface area (TPSA) is 47.9 Å². The van der Waals surface area contributed by atoms with Crippen LogP contribution < -0.4 is 0 Å². The van der Waals surface area contributed by atoms with E-state index in [4.69, 9.17) is 9.47 Å². The van der Waals surface area contributed by atoms with E-state index in [1.54, 1.807) is 0 Å². The lowest BCUT2D eigenvalue weighted by molar-refractivity contribution is -0.152. The molecule has 1 saturated heterocycles. The Morgan fingerprint density at radius 2 is 2.17 bits per heavy atom. The molecule has 1 atom stereocenters. The van der Waals surface area contributed by atoms with Gasteiger partial charge in [0.15, 0.2) is 5.79 Å². The molecule has 0 aromatic heterocycles. The van der Waals surface area contributed by atoms with E-state index in [2.05, 4.69) is 5.18 Å². The predicted octanol–water partition coefficient (Wildman–Crippen LogP) is 1.30. The minimum Gasteiger partial charge on any atom is -0.348 e. The number of nitroso groups, excluding NO2 is 1. The highest BCUT2D eigenvalue weighted by Crippen LogP contribution is 2.40. The molecule has 0 radical (unpaired) electrons. The molecule has 2 fully saturated rings. The van der Waals surface area contributed by atoms with E-state index in [1.165, 1.54) is 0 Å². The maximum atomic E-state index is 10.0. The summed E-state index contributed by atoms with van der Waals surface area (Å²) in [5.74, 6) is 0.0376. The van der Waals surface area contributed by atoms with Gasteiger partial charge in [0, 0.05) is 12.8 Å². The summed E-state index contributed by atoms with van der Waals surface area (Å²) in [6, 6.07) is 0. The molecule has 0 aromatic rings. The van der Waals surface area contributed by atoms with Gasteiger partial charge in [-0.2, -0.15) is 4.91 Å². The molecule has 1 spiro atoms. The average Bonchev–Trinajstić information content (AvgIpc) is 2.65.